The van der Waals surface area contributed by atoms with Crippen molar-refractivity contribution in [1.82, 2.24) is 14.8 Å². The first-order chi connectivity index (χ1) is 8.97. The summed E-state index contributed by atoms with van der Waals surface area (Å²) in [7, 11) is 1.82. The Morgan fingerprint density at radius 2 is 2.26 bits per heavy atom. The van der Waals surface area contributed by atoms with E-state index in [1.807, 2.05) is 20.2 Å². The minimum Gasteiger partial charge on any atom is -0.478 e. The quantitative estimate of drug-likeness (QED) is 0.765. The zero-order valence-electron chi connectivity index (χ0n) is 10.7. The van der Waals surface area contributed by atoms with Crippen LogP contribution in [0.4, 0.5) is 11.5 Å². The van der Waals surface area contributed by atoms with Crippen molar-refractivity contribution in [3.05, 3.63) is 35.8 Å². The lowest BCUT2D eigenvalue weighted by Gasteiger charge is -2.14. The molecular weight excluding hydrogens is 246 g/mol. The Bertz CT molecular complexity index is 608. The summed E-state index contributed by atoms with van der Waals surface area (Å²) < 4.78 is 1.68. The van der Waals surface area contributed by atoms with Crippen molar-refractivity contribution in [2.45, 2.75) is 13.0 Å². The summed E-state index contributed by atoms with van der Waals surface area (Å²) in [5.41, 5.74) is 6.85. The lowest BCUT2D eigenvalue weighted by molar-refractivity contribution is 0.0697. The van der Waals surface area contributed by atoms with E-state index in [2.05, 4.69) is 15.4 Å². The number of nitrogens with two attached hydrogens (primary N) is 1. The molecule has 0 radical (unpaired) electrons. The number of nitrogens with one attached hydrogen (secondary N) is 1. The van der Waals surface area contributed by atoms with E-state index in [1.54, 1.807) is 10.9 Å². The van der Waals surface area contributed by atoms with Crippen molar-refractivity contribution >= 4 is 17.5 Å². The Morgan fingerprint density at radius 3 is 2.84 bits per heavy atom. The highest BCUT2D eigenvalue weighted by Crippen LogP contribution is 2.21. The second-order valence-electron chi connectivity index (χ2n) is 4.28. The van der Waals surface area contributed by atoms with Crippen LogP contribution >= 0.6 is 0 Å². The summed E-state index contributed by atoms with van der Waals surface area (Å²) in [5, 5.41) is 16.2. The van der Waals surface area contributed by atoms with E-state index < -0.39 is 5.97 Å². The summed E-state index contributed by atoms with van der Waals surface area (Å²) in [6.07, 6.45) is 5.00. The molecule has 0 spiro atoms. The van der Waals surface area contributed by atoms with Gasteiger partial charge in [0, 0.05) is 18.8 Å². The highest BCUT2D eigenvalue weighted by atomic mass is 16.4. The van der Waals surface area contributed by atoms with Gasteiger partial charge in [-0.2, -0.15) is 5.10 Å². The van der Waals surface area contributed by atoms with Crippen LogP contribution < -0.4 is 11.1 Å². The zero-order chi connectivity index (χ0) is 14.0. The number of anilines is 2. The molecule has 1 atom stereocenters. The number of pyridine rings is 1. The molecule has 7 nitrogen and oxygen atoms in total. The molecule has 1 unspecified atom stereocenters. The van der Waals surface area contributed by atoms with Crippen molar-refractivity contribution in [3.63, 3.8) is 0 Å². The van der Waals surface area contributed by atoms with Crippen LogP contribution in [0.1, 0.15) is 28.9 Å². The van der Waals surface area contributed by atoms with Crippen LogP contribution in [0.15, 0.2) is 24.7 Å². The average Bonchev–Trinajstić information content (AvgIpc) is 2.78. The van der Waals surface area contributed by atoms with Gasteiger partial charge >= 0.3 is 5.97 Å². The molecule has 0 aliphatic heterocycles. The van der Waals surface area contributed by atoms with E-state index in [4.69, 9.17) is 10.8 Å². The van der Waals surface area contributed by atoms with Gasteiger partial charge in [-0.1, -0.05) is 0 Å². The number of rotatable bonds is 4. The first kappa shape index (κ1) is 12.9. The molecule has 0 saturated heterocycles. The smallest absolute Gasteiger partial charge is 0.339 e. The van der Waals surface area contributed by atoms with Gasteiger partial charge in [-0.25, -0.2) is 9.78 Å². The minimum absolute atomic E-state index is 0.0516. The number of hydrogen-bond acceptors (Lipinski definition) is 5. The second-order valence-corrected chi connectivity index (χ2v) is 4.28. The van der Waals surface area contributed by atoms with Crippen molar-refractivity contribution in [1.29, 1.82) is 0 Å². The Labute approximate surface area is 110 Å². The topological polar surface area (TPSA) is 106 Å². The van der Waals surface area contributed by atoms with Gasteiger partial charge in [-0.3, -0.25) is 4.68 Å². The summed E-state index contributed by atoms with van der Waals surface area (Å²) in [6.45, 7) is 1.90. The molecule has 4 N–H and O–H groups in total. The first-order valence-electron chi connectivity index (χ1n) is 5.71. The SMILES string of the molecule is CC(Nc1ncc(N)cc1C(=O)O)c1cnn(C)c1. The number of aromatic nitrogens is 3. The van der Waals surface area contributed by atoms with Crippen LogP contribution in [0.25, 0.3) is 0 Å². The van der Waals surface area contributed by atoms with Gasteiger partial charge in [-0.05, 0) is 13.0 Å². The van der Waals surface area contributed by atoms with Gasteiger partial charge in [0.15, 0.2) is 0 Å². The lowest BCUT2D eigenvalue weighted by atomic mass is 10.1. The predicted molar refractivity (Wildman–Crippen MR) is 70.9 cm³/mol. The Balaban J connectivity index is 2.26. The number of hydrogen-bond donors (Lipinski definition) is 3. The molecule has 19 heavy (non-hydrogen) atoms. The lowest BCUT2D eigenvalue weighted by Crippen LogP contribution is -2.12. The van der Waals surface area contributed by atoms with Crippen LogP contribution in [-0.4, -0.2) is 25.8 Å². The molecule has 0 amide bonds. The summed E-state index contributed by atoms with van der Waals surface area (Å²) in [6, 6.07) is 1.27. The number of nitrogens with zero attached hydrogens (tertiary/aromatic N) is 3. The van der Waals surface area contributed by atoms with Crippen LogP contribution in [-0.2, 0) is 7.05 Å². The number of carboxylic acid groups (broad SMARTS) is 1. The third kappa shape index (κ3) is 2.82. The van der Waals surface area contributed by atoms with E-state index in [1.165, 1.54) is 12.3 Å². The van der Waals surface area contributed by atoms with Gasteiger partial charge in [0.25, 0.3) is 0 Å². The van der Waals surface area contributed by atoms with Gasteiger partial charge in [0.2, 0.25) is 0 Å². The van der Waals surface area contributed by atoms with Crippen molar-refractivity contribution in [3.8, 4) is 0 Å². The molecule has 0 aliphatic carbocycles. The Hall–Kier alpha value is -2.57. The predicted octanol–water partition coefficient (Wildman–Crippen LogP) is 1.27. The maximum atomic E-state index is 11.1. The molecule has 0 bridgehead atoms. The molecular formula is C12H15N5O2. The van der Waals surface area contributed by atoms with E-state index in [0.29, 0.717) is 5.69 Å². The van der Waals surface area contributed by atoms with E-state index in [-0.39, 0.29) is 17.4 Å². The number of carboxylic acids is 1. The fourth-order valence-corrected chi connectivity index (χ4v) is 1.71. The molecule has 2 heterocycles. The minimum atomic E-state index is -1.07. The van der Waals surface area contributed by atoms with Gasteiger partial charge in [0.05, 0.1) is 24.1 Å². The van der Waals surface area contributed by atoms with E-state index in [0.717, 1.165) is 5.56 Å². The molecule has 2 rings (SSSR count). The molecule has 7 heteroatoms. The van der Waals surface area contributed by atoms with Crippen LogP contribution in [0, 0.1) is 0 Å². The van der Waals surface area contributed by atoms with Crippen molar-refractivity contribution in [2.24, 2.45) is 7.05 Å². The molecule has 100 valence electrons. The number of carbonyl (C=O) groups is 1. The maximum Gasteiger partial charge on any atom is 0.339 e. The van der Waals surface area contributed by atoms with Gasteiger partial charge < -0.3 is 16.2 Å². The van der Waals surface area contributed by atoms with E-state index in [9.17, 15) is 4.79 Å². The molecule has 0 fully saturated rings. The maximum absolute atomic E-state index is 11.1. The van der Waals surface area contributed by atoms with Crippen LogP contribution in [0.3, 0.4) is 0 Å². The van der Waals surface area contributed by atoms with E-state index >= 15 is 0 Å². The Morgan fingerprint density at radius 1 is 1.53 bits per heavy atom. The summed E-state index contributed by atoms with van der Waals surface area (Å²) in [4.78, 5) is 15.2. The van der Waals surface area contributed by atoms with Crippen LogP contribution in [0.5, 0.6) is 0 Å². The number of aromatic carboxylic acids is 1. The van der Waals surface area contributed by atoms with Crippen molar-refractivity contribution in [2.75, 3.05) is 11.1 Å². The third-order valence-electron chi connectivity index (χ3n) is 2.72. The molecule has 0 aromatic carbocycles. The number of nitrogen functional groups attached to an aromatic ring is 1. The first-order valence-corrected chi connectivity index (χ1v) is 5.71. The highest BCUT2D eigenvalue weighted by Gasteiger charge is 2.15. The molecule has 0 saturated carbocycles. The molecule has 2 aromatic heterocycles. The van der Waals surface area contributed by atoms with Crippen LogP contribution in [0.2, 0.25) is 0 Å². The highest BCUT2D eigenvalue weighted by molar-refractivity contribution is 5.94. The normalized spacial score (nSPS) is 12.1. The number of aryl methyl sites for hydroxylation is 1. The molecule has 2 aromatic rings. The largest absolute Gasteiger partial charge is 0.478 e. The second kappa shape index (κ2) is 4.97. The Kier molecular flexibility index (Phi) is 3.37. The standard InChI is InChI=1S/C12H15N5O2/c1-7(8-4-15-17(2)6-8)16-11-10(12(18)19)3-9(13)5-14-11/h3-7H,13H2,1-2H3,(H,14,16)(H,18,19). The monoisotopic (exact) mass is 261 g/mol. The fraction of sp³-hybridized carbons (Fsp3) is 0.250. The van der Waals surface area contributed by atoms with Gasteiger partial charge in [-0.15, -0.1) is 0 Å². The third-order valence-corrected chi connectivity index (χ3v) is 2.72. The zero-order valence-corrected chi connectivity index (χ0v) is 10.7. The summed E-state index contributed by atoms with van der Waals surface area (Å²) in [5.74, 6) is -0.779. The molecule has 0 aliphatic rings. The van der Waals surface area contributed by atoms with Crippen molar-refractivity contribution < 1.29 is 9.90 Å². The van der Waals surface area contributed by atoms with Gasteiger partial charge in [0.1, 0.15) is 11.4 Å². The average molecular weight is 261 g/mol. The fourth-order valence-electron chi connectivity index (χ4n) is 1.71. The summed E-state index contributed by atoms with van der Waals surface area (Å²) >= 11 is 0.